The number of benzene rings is 1. The summed E-state index contributed by atoms with van der Waals surface area (Å²) in [6, 6.07) is 8.02. The van der Waals surface area contributed by atoms with Gasteiger partial charge in [-0.25, -0.2) is 4.98 Å². The van der Waals surface area contributed by atoms with Crippen molar-refractivity contribution in [2.24, 2.45) is 0 Å². The number of para-hydroxylation sites is 1. The number of ether oxygens (including phenoxy) is 1. The zero-order chi connectivity index (χ0) is 13.7. The first kappa shape index (κ1) is 13.7. The van der Waals surface area contributed by atoms with E-state index in [1.165, 1.54) is 0 Å². The minimum Gasteiger partial charge on any atom is -0.493 e. The second-order valence-electron chi connectivity index (χ2n) is 4.26. The molecule has 1 N–H and O–H groups in total. The van der Waals surface area contributed by atoms with Crippen LogP contribution < -0.4 is 4.74 Å². The third kappa shape index (κ3) is 3.01. The number of aromatic nitrogens is 2. The molecule has 1 aromatic carbocycles. The Morgan fingerprint density at radius 2 is 2.05 bits per heavy atom. The monoisotopic (exact) mass is 274 g/mol. The van der Waals surface area contributed by atoms with E-state index < -0.39 is 0 Å². The lowest BCUT2D eigenvalue weighted by Crippen LogP contribution is -2.00. The molecule has 0 saturated heterocycles. The van der Waals surface area contributed by atoms with Gasteiger partial charge in [0.2, 0.25) is 0 Å². The Morgan fingerprint density at radius 3 is 2.79 bits per heavy atom. The van der Waals surface area contributed by atoms with Crippen molar-refractivity contribution in [1.82, 2.24) is 9.97 Å². The summed E-state index contributed by atoms with van der Waals surface area (Å²) < 4.78 is 6.46. The van der Waals surface area contributed by atoms with Crippen molar-refractivity contribution in [1.29, 1.82) is 0 Å². The quantitative estimate of drug-likeness (QED) is 0.832. The van der Waals surface area contributed by atoms with Crippen molar-refractivity contribution in [3.63, 3.8) is 0 Å². The van der Waals surface area contributed by atoms with Crippen molar-refractivity contribution in [2.75, 3.05) is 6.61 Å². The second-order valence-corrected chi connectivity index (χ2v) is 4.65. The molecule has 0 aliphatic heterocycles. The number of H-pyrrole nitrogens is 1. The molecule has 0 fully saturated rings. The van der Waals surface area contributed by atoms with Gasteiger partial charge in [-0.2, -0.15) is 0 Å². The summed E-state index contributed by atoms with van der Waals surface area (Å²) in [5, 5.41) is 0. The molecule has 0 radical (unpaired) electrons. The van der Waals surface area contributed by atoms with Crippen molar-refractivity contribution in [3.8, 4) is 17.0 Å². The van der Waals surface area contributed by atoms with Crippen LogP contribution in [0.1, 0.15) is 25.8 Å². The van der Waals surface area contributed by atoms with Crippen LogP contribution in [0, 0.1) is 4.64 Å². The largest absolute Gasteiger partial charge is 0.493 e. The van der Waals surface area contributed by atoms with Crippen molar-refractivity contribution < 1.29 is 4.74 Å². The van der Waals surface area contributed by atoms with Gasteiger partial charge in [0.15, 0.2) is 0 Å². The van der Waals surface area contributed by atoms with Crippen LogP contribution in [-0.2, 0) is 6.42 Å². The molecule has 0 saturated carbocycles. The van der Waals surface area contributed by atoms with Crippen LogP contribution in [-0.4, -0.2) is 16.6 Å². The standard InChI is InChI=1S/C15H18N2OS/c1-3-9-18-13-8-6-5-7-12(13)14-11(4-2)15(19)17-10-16-14/h5-8,10H,3-4,9H2,1-2H3,(H,16,17,19). The number of hydrogen-bond acceptors (Lipinski definition) is 3. The molecule has 100 valence electrons. The van der Waals surface area contributed by atoms with E-state index in [2.05, 4.69) is 23.8 Å². The molecule has 4 heteroatoms. The van der Waals surface area contributed by atoms with Crippen molar-refractivity contribution >= 4 is 12.2 Å². The molecule has 1 aromatic heterocycles. The van der Waals surface area contributed by atoms with Crippen LogP contribution in [0.2, 0.25) is 0 Å². The van der Waals surface area contributed by atoms with Gasteiger partial charge in [0.1, 0.15) is 10.4 Å². The van der Waals surface area contributed by atoms with Gasteiger partial charge in [0.05, 0.1) is 18.6 Å². The fourth-order valence-corrected chi connectivity index (χ4v) is 2.31. The third-order valence-electron chi connectivity index (χ3n) is 2.92. The molecule has 0 aliphatic carbocycles. The lowest BCUT2D eigenvalue weighted by atomic mass is 10.0. The summed E-state index contributed by atoms with van der Waals surface area (Å²) in [7, 11) is 0. The first-order chi connectivity index (χ1) is 9.27. The predicted octanol–water partition coefficient (Wildman–Crippen LogP) is 4.16. The van der Waals surface area contributed by atoms with Gasteiger partial charge in [0, 0.05) is 11.1 Å². The summed E-state index contributed by atoms with van der Waals surface area (Å²) in [5.74, 6) is 0.885. The number of rotatable bonds is 5. The normalized spacial score (nSPS) is 10.4. The Kier molecular flexibility index (Phi) is 4.68. The van der Waals surface area contributed by atoms with E-state index in [9.17, 15) is 0 Å². The van der Waals surface area contributed by atoms with E-state index in [1.54, 1.807) is 6.33 Å². The molecule has 0 aliphatic rings. The molecule has 19 heavy (non-hydrogen) atoms. The van der Waals surface area contributed by atoms with Gasteiger partial charge in [-0.15, -0.1) is 0 Å². The summed E-state index contributed by atoms with van der Waals surface area (Å²) in [6.07, 6.45) is 3.48. The Morgan fingerprint density at radius 1 is 1.26 bits per heavy atom. The maximum atomic E-state index is 5.81. The fraction of sp³-hybridized carbons (Fsp3) is 0.333. The van der Waals surface area contributed by atoms with Crippen molar-refractivity contribution in [2.45, 2.75) is 26.7 Å². The first-order valence-electron chi connectivity index (χ1n) is 6.56. The van der Waals surface area contributed by atoms with Gasteiger partial charge in [-0.05, 0) is 25.0 Å². The molecule has 0 bridgehead atoms. The predicted molar refractivity (Wildman–Crippen MR) is 80.0 cm³/mol. The van der Waals surface area contributed by atoms with E-state index in [0.717, 1.165) is 35.4 Å². The lowest BCUT2D eigenvalue weighted by molar-refractivity contribution is 0.318. The molecule has 2 rings (SSSR count). The lowest BCUT2D eigenvalue weighted by Gasteiger charge is -2.13. The third-order valence-corrected chi connectivity index (χ3v) is 3.27. The highest BCUT2D eigenvalue weighted by Crippen LogP contribution is 2.31. The Hall–Kier alpha value is -1.68. The molecule has 0 amide bonds. The molecular weight excluding hydrogens is 256 g/mol. The van der Waals surface area contributed by atoms with E-state index in [4.69, 9.17) is 17.0 Å². The zero-order valence-electron chi connectivity index (χ0n) is 11.3. The maximum absolute atomic E-state index is 5.81. The topological polar surface area (TPSA) is 37.9 Å². The Labute approximate surface area is 118 Å². The van der Waals surface area contributed by atoms with Crippen LogP contribution in [0.4, 0.5) is 0 Å². The first-order valence-corrected chi connectivity index (χ1v) is 6.97. The van der Waals surface area contributed by atoms with Gasteiger partial charge >= 0.3 is 0 Å². The molecular formula is C15H18N2OS. The highest BCUT2D eigenvalue weighted by molar-refractivity contribution is 7.71. The van der Waals surface area contributed by atoms with Gasteiger partial charge in [-0.3, -0.25) is 0 Å². The van der Waals surface area contributed by atoms with E-state index in [0.29, 0.717) is 11.2 Å². The van der Waals surface area contributed by atoms with Gasteiger partial charge in [0.25, 0.3) is 0 Å². The zero-order valence-corrected chi connectivity index (χ0v) is 12.1. The smallest absolute Gasteiger partial charge is 0.133 e. The number of nitrogens with one attached hydrogen (secondary N) is 1. The second kappa shape index (κ2) is 6.48. The number of nitrogens with zero attached hydrogens (tertiary/aromatic N) is 1. The number of aromatic amines is 1. The molecule has 0 spiro atoms. The Bertz CT molecular complexity index is 607. The molecule has 3 nitrogen and oxygen atoms in total. The highest BCUT2D eigenvalue weighted by atomic mass is 32.1. The van der Waals surface area contributed by atoms with Crippen LogP contribution in [0.5, 0.6) is 5.75 Å². The molecule has 1 heterocycles. The summed E-state index contributed by atoms with van der Waals surface area (Å²) >= 11 is 5.30. The number of hydrogen-bond donors (Lipinski definition) is 1. The van der Waals surface area contributed by atoms with Crippen molar-refractivity contribution in [3.05, 3.63) is 40.8 Å². The maximum Gasteiger partial charge on any atom is 0.133 e. The van der Waals surface area contributed by atoms with E-state index in [1.807, 2.05) is 24.3 Å². The SMILES string of the molecule is CCCOc1ccccc1-c1[nH]cnc(=S)c1CC. The van der Waals surface area contributed by atoms with Gasteiger partial charge in [-0.1, -0.05) is 38.2 Å². The summed E-state index contributed by atoms with van der Waals surface area (Å²) in [4.78, 5) is 7.35. The molecule has 2 aromatic rings. The van der Waals surface area contributed by atoms with Crippen LogP contribution in [0.3, 0.4) is 0 Å². The van der Waals surface area contributed by atoms with E-state index in [-0.39, 0.29) is 0 Å². The van der Waals surface area contributed by atoms with Crippen LogP contribution >= 0.6 is 12.2 Å². The Balaban J connectivity index is 2.53. The molecule has 0 atom stereocenters. The minimum atomic E-state index is 0.654. The average molecular weight is 274 g/mol. The molecule has 0 unspecified atom stereocenters. The summed E-state index contributed by atoms with van der Waals surface area (Å²) in [6.45, 7) is 4.89. The van der Waals surface area contributed by atoms with Crippen LogP contribution in [0.25, 0.3) is 11.3 Å². The van der Waals surface area contributed by atoms with Gasteiger partial charge < -0.3 is 9.72 Å². The average Bonchev–Trinajstić information content (AvgIpc) is 2.45. The highest BCUT2D eigenvalue weighted by Gasteiger charge is 2.11. The van der Waals surface area contributed by atoms with E-state index >= 15 is 0 Å². The fourth-order valence-electron chi connectivity index (χ4n) is 2.01. The minimum absolute atomic E-state index is 0.654. The van der Waals surface area contributed by atoms with Crippen LogP contribution in [0.15, 0.2) is 30.6 Å². The summed E-state index contributed by atoms with van der Waals surface area (Å²) in [5.41, 5.74) is 3.11.